The molecule has 0 aliphatic carbocycles. The van der Waals surface area contributed by atoms with E-state index in [0.717, 1.165) is 96.3 Å². The highest BCUT2D eigenvalue weighted by Crippen LogP contribution is 2.45. The maximum absolute atomic E-state index is 13.1. The molecule has 0 spiro atoms. The Hall–Kier alpha value is -4.02. The highest BCUT2D eigenvalue weighted by atomic mass is 31.2. The third kappa shape index (κ3) is 74.3. The first-order valence-corrected chi connectivity index (χ1v) is 43.5. The van der Waals surface area contributed by atoms with Crippen molar-refractivity contribution in [2.45, 2.75) is 367 Å². The van der Waals surface area contributed by atoms with Gasteiger partial charge in [-0.2, -0.15) is 0 Å². The number of ether oxygens (including phenoxy) is 4. The quantitative estimate of drug-likeness (QED) is 0.0169. The molecule has 0 saturated heterocycles. The number of unbranched alkanes of at least 4 members (excludes halogenated alkanes) is 34. The zero-order valence-electron chi connectivity index (χ0n) is 64.5. The second kappa shape index (κ2) is 75.2. The molecule has 5 atom stereocenters. The number of hydrogen-bond acceptors (Lipinski definition) is 15. The van der Waals surface area contributed by atoms with Crippen LogP contribution in [-0.4, -0.2) is 96.7 Å². The monoisotopic (exact) mass is 1480 g/mol. The van der Waals surface area contributed by atoms with E-state index in [2.05, 4.69) is 101 Å². The number of carbonyl (C=O) groups is 4. The van der Waals surface area contributed by atoms with E-state index in [1.807, 2.05) is 24.3 Å². The number of rotatable bonds is 76. The Morgan fingerprint density at radius 3 is 0.784 bits per heavy atom. The number of esters is 4. The molecular formula is C83H146O17P2. The summed E-state index contributed by atoms with van der Waals surface area (Å²) in [5.41, 5.74) is 0. The Balaban J connectivity index is 5.44. The molecule has 590 valence electrons. The van der Waals surface area contributed by atoms with Crippen LogP contribution in [0.2, 0.25) is 0 Å². The first-order chi connectivity index (χ1) is 49.7. The summed E-state index contributed by atoms with van der Waals surface area (Å²) < 4.78 is 68.5. The van der Waals surface area contributed by atoms with Crippen LogP contribution in [0.15, 0.2) is 97.2 Å². The number of hydrogen-bond donors (Lipinski definition) is 3. The Morgan fingerprint density at radius 2 is 0.490 bits per heavy atom. The fourth-order valence-electron chi connectivity index (χ4n) is 10.9. The molecule has 0 aromatic heterocycles. The van der Waals surface area contributed by atoms with Gasteiger partial charge in [0, 0.05) is 25.7 Å². The predicted octanol–water partition coefficient (Wildman–Crippen LogP) is 23.6. The fraction of sp³-hybridized carbons (Fsp3) is 0.759. The van der Waals surface area contributed by atoms with Crippen molar-refractivity contribution in [3.63, 3.8) is 0 Å². The summed E-state index contributed by atoms with van der Waals surface area (Å²) in [6.45, 7) is 4.75. The van der Waals surface area contributed by atoms with Crippen molar-refractivity contribution in [2.24, 2.45) is 0 Å². The second-order valence-corrected chi connectivity index (χ2v) is 29.9. The molecule has 0 radical (unpaired) electrons. The van der Waals surface area contributed by atoms with Crippen LogP contribution in [0.1, 0.15) is 349 Å². The van der Waals surface area contributed by atoms with Crippen molar-refractivity contribution >= 4 is 39.5 Å². The zero-order chi connectivity index (χ0) is 74.6. The molecule has 0 amide bonds. The number of carbonyl (C=O) groups excluding carboxylic acids is 4. The minimum atomic E-state index is -5.00. The predicted molar refractivity (Wildman–Crippen MR) is 418 cm³/mol. The zero-order valence-corrected chi connectivity index (χ0v) is 66.3. The lowest BCUT2D eigenvalue weighted by atomic mass is 10.0. The third-order valence-electron chi connectivity index (χ3n) is 17.1. The molecule has 0 aliphatic rings. The Labute approximate surface area is 620 Å². The third-order valence-corrected chi connectivity index (χ3v) is 19.0. The molecule has 0 rings (SSSR count). The van der Waals surface area contributed by atoms with E-state index < -0.39 is 97.5 Å². The van der Waals surface area contributed by atoms with Gasteiger partial charge >= 0.3 is 39.5 Å². The van der Waals surface area contributed by atoms with Crippen molar-refractivity contribution in [2.75, 3.05) is 39.6 Å². The molecule has 0 aliphatic heterocycles. The summed E-state index contributed by atoms with van der Waals surface area (Å²) in [4.78, 5) is 73.0. The van der Waals surface area contributed by atoms with Gasteiger partial charge in [-0.1, -0.05) is 318 Å². The second-order valence-electron chi connectivity index (χ2n) is 27.0. The van der Waals surface area contributed by atoms with Crippen LogP contribution < -0.4 is 0 Å². The van der Waals surface area contributed by atoms with Crippen LogP contribution in [-0.2, 0) is 65.4 Å². The molecule has 3 N–H and O–H groups in total. The topological polar surface area (TPSA) is 237 Å². The van der Waals surface area contributed by atoms with E-state index in [0.29, 0.717) is 38.5 Å². The lowest BCUT2D eigenvalue weighted by Gasteiger charge is -2.21. The van der Waals surface area contributed by atoms with Crippen molar-refractivity contribution in [1.82, 2.24) is 0 Å². The lowest BCUT2D eigenvalue weighted by Crippen LogP contribution is -2.30. The summed E-state index contributed by atoms with van der Waals surface area (Å²) >= 11 is 0. The highest BCUT2D eigenvalue weighted by Gasteiger charge is 2.30. The van der Waals surface area contributed by atoms with E-state index in [4.69, 9.17) is 37.0 Å². The smallest absolute Gasteiger partial charge is 0.462 e. The summed E-state index contributed by atoms with van der Waals surface area (Å²) in [6.07, 6.45) is 79.7. The summed E-state index contributed by atoms with van der Waals surface area (Å²) in [5, 5.41) is 10.6. The molecule has 0 saturated carbocycles. The molecule has 17 nitrogen and oxygen atoms in total. The number of aliphatic hydroxyl groups is 1. The molecule has 0 aromatic rings. The van der Waals surface area contributed by atoms with Gasteiger partial charge < -0.3 is 33.8 Å². The van der Waals surface area contributed by atoms with Crippen molar-refractivity contribution in [3.05, 3.63) is 97.2 Å². The van der Waals surface area contributed by atoms with Gasteiger partial charge in [0.2, 0.25) is 0 Å². The molecule has 19 heteroatoms. The number of allylic oxidation sites excluding steroid dienone is 16. The standard InChI is InChI=1S/C83H146O17P2/c1-5-9-13-17-21-25-29-33-36-38-41-44-48-52-56-60-64-68-81(86)94-74-79(100-83(88)70-66-62-58-54-50-46-42-39-37-34-30-26-22-18-14-10-6-2)76-98-102(91,92)96-72-77(84)71-95-101(89,90)97-75-78(73-93-80(85)67-63-59-55-51-47-43-32-28-24-20-16-12-8-4)99-82(87)69-65-61-57-53-49-45-40-35-31-27-23-19-15-11-7-3/h21-22,25-26,33-34,36-37,41-42,44,46,52,54,56,58,77-79,84H,5-20,23-24,27-32,35,38-40,43,45,47-51,53,55,57,59-76H2,1-4H3,(H,89,90)(H,91,92)/b25-21-,26-22-,36-33-,37-34-,44-41-,46-42-,56-52-,58-54-/t77-,78-,79-/m1/s1. The van der Waals surface area contributed by atoms with Gasteiger partial charge in [0.1, 0.15) is 19.3 Å². The Kier molecular flexibility index (Phi) is 72.3. The van der Waals surface area contributed by atoms with E-state index in [9.17, 15) is 43.2 Å². The first kappa shape index (κ1) is 98.0. The van der Waals surface area contributed by atoms with Gasteiger partial charge in [-0.05, 0) is 103 Å². The van der Waals surface area contributed by atoms with Crippen molar-refractivity contribution < 1.29 is 80.2 Å². The van der Waals surface area contributed by atoms with Gasteiger partial charge in [-0.25, -0.2) is 9.13 Å². The Bertz CT molecular complexity index is 2310. The van der Waals surface area contributed by atoms with Crippen molar-refractivity contribution in [1.29, 1.82) is 0 Å². The number of phosphoric ester groups is 2. The molecule has 0 heterocycles. The SMILES string of the molecule is CCCCC/C=C\C/C=C\C/C=C\C/C=C\CCCC(=O)OC[C@H](COP(=O)(O)OC[C@H](O)COP(=O)(O)OC[C@@H](COC(=O)CCCCCCCCCCCCCCC)OC(=O)CCCCCCCCCCCCCCCCC)OC(=O)CCC/C=C\C/C=C\C/C=C\C/C=C\CCCCC. The fourth-order valence-corrected chi connectivity index (χ4v) is 12.4. The Morgan fingerprint density at radius 1 is 0.275 bits per heavy atom. The molecule has 0 fully saturated rings. The van der Waals surface area contributed by atoms with Gasteiger partial charge in [0.15, 0.2) is 12.2 Å². The van der Waals surface area contributed by atoms with E-state index in [-0.39, 0.29) is 25.7 Å². The van der Waals surface area contributed by atoms with E-state index in [1.54, 1.807) is 0 Å². The largest absolute Gasteiger partial charge is 0.472 e. The molecule has 2 unspecified atom stereocenters. The molecular weight excluding hydrogens is 1330 g/mol. The van der Waals surface area contributed by atoms with Crippen LogP contribution in [0.4, 0.5) is 0 Å². The van der Waals surface area contributed by atoms with Crippen LogP contribution in [0.5, 0.6) is 0 Å². The van der Waals surface area contributed by atoms with E-state index >= 15 is 0 Å². The minimum Gasteiger partial charge on any atom is -0.462 e. The van der Waals surface area contributed by atoms with Crippen LogP contribution in [0, 0.1) is 0 Å². The first-order valence-electron chi connectivity index (χ1n) is 40.5. The maximum Gasteiger partial charge on any atom is 0.472 e. The summed E-state index contributed by atoms with van der Waals surface area (Å²) in [5.74, 6) is -2.28. The summed E-state index contributed by atoms with van der Waals surface area (Å²) in [6, 6.07) is 0. The van der Waals surface area contributed by atoms with Gasteiger partial charge in [0.05, 0.1) is 26.4 Å². The van der Waals surface area contributed by atoms with Crippen molar-refractivity contribution in [3.8, 4) is 0 Å². The van der Waals surface area contributed by atoms with Gasteiger partial charge in [0.25, 0.3) is 0 Å². The van der Waals surface area contributed by atoms with Crippen LogP contribution in [0.25, 0.3) is 0 Å². The molecule has 102 heavy (non-hydrogen) atoms. The van der Waals surface area contributed by atoms with Crippen LogP contribution >= 0.6 is 15.6 Å². The normalized spacial score (nSPS) is 14.4. The maximum atomic E-state index is 13.1. The average molecular weight is 1480 g/mol. The molecule has 0 aromatic carbocycles. The summed E-state index contributed by atoms with van der Waals surface area (Å²) in [7, 11) is -9.98. The highest BCUT2D eigenvalue weighted by molar-refractivity contribution is 7.47. The lowest BCUT2D eigenvalue weighted by molar-refractivity contribution is -0.161. The van der Waals surface area contributed by atoms with Gasteiger partial charge in [-0.3, -0.25) is 37.3 Å². The number of phosphoric acid groups is 2. The molecule has 0 bridgehead atoms. The minimum absolute atomic E-state index is 0.00780. The van der Waals surface area contributed by atoms with E-state index in [1.165, 1.54) is 161 Å². The average Bonchev–Trinajstić information content (AvgIpc) is 0.943. The number of aliphatic hydroxyl groups excluding tert-OH is 1. The van der Waals surface area contributed by atoms with Crippen LogP contribution in [0.3, 0.4) is 0 Å². The van der Waals surface area contributed by atoms with Gasteiger partial charge in [-0.15, -0.1) is 0 Å².